The highest BCUT2D eigenvalue weighted by molar-refractivity contribution is 6.28. The van der Waals surface area contributed by atoms with Crippen molar-refractivity contribution in [3.8, 4) is 0 Å². The van der Waals surface area contributed by atoms with Gasteiger partial charge in [0, 0.05) is 6.54 Å². The first-order chi connectivity index (χ1) is 8.74. The maximum atomic E-state index is 11.7. The van der Waals surface area contributed by atoms with Gasteiger partial charge < -0.3 is 0 Å². The van der Waals surface area contributed by atoms with Crippen LogP contribution in [-0.4, -0.2) is 29.1 Å². The Morgan fingerprint density at radius 2 is 2.39 bits per heavy atom. The quantitative estimate of drug-likeness (QED) is 0.615. The monoisotopic (exact) mass is 262 g/mol. The molecule has 0 saturated carbocycles. The van der Waals surface area contributed by atoms with E-state index in [9.17, 15) is 4.79 Å². The lowest BCUT2D eigenvalue weighted by Gasteiger charge is -2.22. The van der Waals surface area contributed by atoms with Crippen LogP contribution in [0.5, 0.6) is 0 Å². The molecule has 0 bridgehead atoms. The lowest BCUT2D eigenvalue weighted by Crippen LogP contribution is -2.36. The van der Waals surface area contributed by atoms with E-state index in [1.54, 1.807) is 6.07 Å². The highest BCUT2D eigenvalue weighted by Crippen LogP contribution is 2.23. The molecular weight excluding hydrogens is 248 g/mol. The summed E-state index contributed by atoms with van der Waals surface area (Å²) in [5, 5.41) is 0. The van der Waals surface area contributed by atoms with Crippen molar-refractivity contribution >= 4 is 23.1 Å². The maximum Gasteiger partial charge on any atom is 0.187 e. The number of hydrogen-bond acceptors (Lipinski definition) is 2. The summed E-state index contributed by atoms with van der Waals surface area (Å²) in [6, 6.07) is 7.51. The van der Waals surface area contributed by atoms with E-state index in [-0.39, 0.29) is 17.7 Å². The summed E-state index contributed by atoms with van der Waals surface area (Å²) in [5.41, 5.74) is 1.73. The Balaban J connectivity index is 2.08. The predicted molar refractivity (Wildman–Crippen MR) is 71.9 cm³/mol. The molecular formula is C14H15ClN2O. The summed E-state index contributed by atoms with van der Waals surface area (Å²) < 4.78 is 0. The van der Waals surface area contributed by atoms with Crippen molar-refractivity contribution in [3.63, 3.8) is 0 Å². The van der Waals surface area contributed by atoms with Crippen molar-refractivity contribution in [1.29, 1.82) is 0 Å². The zero-order valence-corrected chi connectivity index (χ0v) is 10.9. The van der Waals surface area contributed by atoms with Gasteiger partial charge in [-0.1, -0.05) is 24.3 Å². The van der Waals surface area contributed by atoms with Crippen LogP contribution in [0.1, 0.15) is 18.4 Å². The third kappa shape index (κ3) is 2.90. The van der Waals surface area contributed by atoms with Gasteiger partial charge in [0.1, 0.15) is 0 Å². The van der Waals surface area contributed by atoms with E-state index in [2.05, 4.69) is 9.74 Å². The van der Waals surface area contributed by atoms with E-state index in [1.165, 1.54) is 0 Å². The first-order valence-electron chi connectivity index (χ1n) is 6.03. The van der Waals surface area contributed by atoms with Crippen molar-refractivity contribution in [1.82, 2.24) is 4.90 Å². The summed E-state index contributed by atoms with van der Waals surface area (Å²) in [6.45, 7) is 8.65. The largest absolute Gasteiger partial charge is 0.297 e. The lowest BCUT2D eigenvalue weighted by atomic mass is 10.1. The average molecular weight is 263 g/mol. The topological polar surface area (TPSA) is 24.7 Å². The van der Waals surface area contributed by atoms with Gasteiger partial charge in [0.05, 0.1) is 18.5 Å². The Morgan fingerprint density at radius 3 is 3.11 bits per heavy atom. The Hall–Kier alpha value is -1.37. The number of carbonyl (C=O) groups excluding carboxylic acids is 1. The standard InChI is InChI=1S/C14H15ClN2O/c1-16-12-5-2-4-11(8-12)10-17-7-3-6-13(17)14(18)9-15/h2,4-5,8,13H,3,6-7,9-10H2. The second-order valence-corrected chi connectivity index (χ2v) is 4.78. The molecule has 1 aliphatic heterocycles. The number of ketones is 1. The SMILES string of the molecule is [C-]#[N+]c1cccc(CN2CCCC2C(=O)CCl)c1. The molecule has 18 heavy (non-hydrogen) atoms. The third-order valence-electron chi connectivity index (χ3n) is 3.29. The van der Waals surface area contributed by atoms with Gasteiger partial charge in [-0.2, -0.15) is 0 Å². The smallest absolute Gasteiger partial charge is 0.187 e. The summed E-state index contributed by atoms with van der Waals surface area (Å²) in [4.78, 5) is 17.3. The van der Waals surface area contributed by atoms with Crippen molar-refractivity contribution in [2.24, 2.45) is 0 Å². The lowest BCUT2D eigenvalue weighted by molar-refractivity contribution is -0.121. The van der Waals surface area contributed by atoms with E-state index in [0.717, 1.165) is 31.5 Å². The zero-order chi connectivity index (χ0) is 13.0. The molecule has 1 aromatic rings. The van der Waals surface area contributed by atoms with E-state index in [4.69, 9.17) is 18.2 Å². The van der Waals surface area contributed by atoms with Gasteiger partial charge in [-0.25, -0.2) is 4.85 Å². The summed E-state index contributed by atoms with van der Waals surface area (Å²) in [6.07, 6.45) is 1.93. The van der Waals surface area contributed by atoms with Crippen LogP contribution < -0.4 is 0 Å². The van der Waals surface area contributed by atoms with Crippen molar-refractivity contribution in [2.75, 3.05) is 12.4 Å². The zero-order valence-electron chi connectivity index (χ0n) is 10.1. The van der Waals surface area contributed by atoms with E-state index in [1.807, 2.05) is 18.2 Å². The molecule has 4 heteroatoms. The van der Waals surface area contributed by atoms with E-state index < -0.39 is 0 Å². The molecule has 1 aliphatic rings. The van der Waals surface area contributed by atoms with Crippen LogP contribution in [0.25, 0.3) is 4.85 Å². The molecule has 1 fully saturated rings. The number of benzene rings is 1. The van der Waals surface area contributed by atoms with Crippen LogP contribution in [0, 0.1) is 6.57 Å². The Kier molecular flexibility index (Phi) is 4.35. The number of hydrogen-bond donors (Lipinski definition) is 0. The Bertz CT molecular complexity index is 481. The molecule has 0 amide bonds. The number of rotatable bonds is 4. The van der Waals surface area contributed by atoms with E-state index in [0.29, 0.717) is 5.69 Å². The van der Waals surface area contributed by atoms with Gasteiger partial charge in [-0.05, 0) is 24.9 Å². The van der Waals surface area contributed by atoms with Crippen LogP contribution in [-0.2, 0) is 11.3 Å². The first-order valence-corrected chi connectivity index (χ1v) is 6.57. The highest BCUT2D eigenvalue weighted by atomic mass is 35.5. The molecule has 0 aliphatic carbocycles. The van der Waals surface area contributed by atoms with Crippen molar-refractivity contribution < 1.29 is 4.79 Å². The molecule has 1 aromatic carbocycles. The fourth-order valence-corrected chi connectivity index (χ4v) is 2.61. The molecule has 1 saturated heterocycles. The van der Waals surface area contributed by atoms with Crippen LogP contribution in [0.4, 0.5) is 5.69 Å². The average Bonchev–Trinajstić information content (AvgIpc) is 2.86. The number of carbonyl (C=O) groups is 1. The van der Waals surface area contributed by atoms with Crippen LogP contribution in [0.2, 0.25) is 0 Å². The first kappa shape index (κ1) is 13.1. The third-order valence-corrected chi connectivity index (χ3v) is 3.56. The second-order valence-electron chi connectivity index (χ2n) is 4.51. The van der Waals surface area contributed by atoms with Crippen LogP contribution in [0.15, 0.2) is 24.3 Å². The number of Topliss-reactive ketones (excluding diaryl/α,β-unsaturated/α-hetero) is 1. The number of alkyl halides is 1. The minimum atomic E-state index is -0.0425. The van der Waals surface area contributed by atoms with Gasteiger partial charge in [0.2, 0.25) is 0 Å². The fourth-order valence-electron chi connectivity index (χ4n) is 2.43. The normalized spacial score (nSPS) is 19.7. The van der Waals surface area contributed by atoms with Crippen LogP contribution in [0.3, 0.4) is 0 Å². The number of halogens is 1. The second kappa shape index (κ2) is 5.99. The van der Waals surface area contributed by atoms with Gasteiger partial charge in [-0.3, -0.25) is 9.69 Å². The molecule has 0 N–H and O–H groups in total. The molecule has 94 valence electrons. The van der Waals surface area contributed by atoms with Crippen LogP contribution >= 0.6 is 11.6 Å². The highest BCUT2D eigenvalue weighted by Gasteiger charge is 2.29. The summed E-state index contributed by atoms with van der Waals surface area (Å²) in [5.74, 6) is 0.194. The number of likely N-dealkylation sites (tertiary alicyclic amines) is 1. The van der Waals surface area contributed by atoms with Crippen molar-refractivity contribution in [3.05, 3.63) is 41.2 Å². The molecule has 0 aromatic heterocycles. The van der Waals surface area contributed by atoms with E-state index >= 15 is 0 Å². The number of nitrogens with zero attached hydrogens (tertiary/aromatic N) is 2. The fraction of sp³-hybridized carbons (Fsp3) is 0.429. The Morgan fingerprint density at radius 1 is 1.56 bits per heavy atom. The van der Waals surface area contributed by atoms with Gasteiger partial charge in [0.25, 0.3) is 0 Å². The summed E-state index contributed by atoms with van der Waals surface area (Å²) >= 11 is 5.63. The molecule has 3 nitrogen and oxygen atoms in total. The summed E-state index contributed by atoms with van der Waals surface area (Å²) in [7, 11) is 0. The Labute approximate surface area is 112 Å². The molecule has 1 atom stereocenters. The maximum absolute atomic E-state index is 11.7. The molecule has 1 unspecified atom stereocenters. The molecule has 2 rings (SSSR count). The predicted octanol–water partition coefficient (Wildman–Crippen LogP) is 3.01. The minimum Gasteiger partial charge on any atom is -0.297 e. The molecule has 0 spiro atoms. The van der Waals surface area contributed by atoms with Gasteiger partial charge in [0.15, 0.2) is 11.5 Å². The van der Waals surface area contributed by atoms with Gasteiger partial charge in [-0.15, -0.1) is 11.6 Å². The molecule has 1 heterocycles. The molecule has 0 radical (unpaired) electrons. The van der Waals surface area contributed by atoms with Gasteiger partial charge >= 0.3 is 0 Å². The van der Waals surface area contributed by atoms with Crippen molar-refractivity contribution in [2.45, 2.75) is 25.4 Å². The minimum absolute atomic E-state index is 0.0425.